The van der Waals surface area contributed by atoms with E-state index in [9.17, 15) is 4.79 Å². The molecule has 0 aliphatic carbocycles. The van der Waals surface area contributed by atoms with E-state index in [0.717, 1.165) is 30.8 Å². The molecule has 0 aliphatic heterocycles. The Morgan fingerprint density at radius 3 is 1.96 bits per heavy atom. The van der Waals surface area contributed by atoms with Crippen molar-refractivity contribution in [3.05, 3.63) is 24.6 Å². The fourth-order valence-corrected chi connectivity index (χ4v) is 2.84. The van der Waals surface area contributed by atoms with Crippen LogP contribution >= 0.6 is 0 Å². The van der Waals surface area contributed by atoms with E-state index >= 15 is 0 Å². The van der Waals surface area contributed by atoms with E-state index in [2.05, 4.69) is 63.7 Å². The Morgan fingerprint density at radius 1 is 1.04 bits per heavy atom. The fourth-order valence-electron chi connectivity index (χ4n) is 2.84. The molecule has 0 radical (unpaired) electrons. The van der Waals surface area contributed by atoms with Gasteiger partial charge in [0.1, 0.15) is 0 Å². The predicted molar refractivity (Wildman–Crippen MR) is 114 cm³/mol. The summed E-state index contributed by atoms with van der Waals surface area (Å²) in [4.78, 5) is 12.9. The lowest BCUT2D eigenvalue weighted by molar-refractivity contribution is -0.128. The zero-order valence-corrected chi connectivity index (χ0v) is 18.7. The van der Waals surface area contributed by atoms with E-state index in [1.807, 2.05) is 27.7 Å². The van der Waals surface area contributed by atoms with Gasteiger partial charge in [0.05, 0.1) is 6.04 Å². The van der Waals surface area contributed by atoms with Gasteiger partial charge in [0.15, 0.2) is 5.78 Å². The molecule has 0 heterocycles. The van der Waals surface area contributed by atoms with E-state index in [1.165, 1.54) is 0 Å². The number of ketones is 1. The number of carbonyl (C=O) groups is 1. The molecule has 4 heteroatoms. The third-order valence-corrected chi connectivity index (χ3v) is 4.14. The van der Waals surface area contributed by atoms with E-state index in [0.29, 0.717) is 5.92 Å². The molecule has 0 spiro atoms. The number of Topliss-reactive ketones (excluding diaryl/α,β-unsaturated/α-hetero) is 1. The van der Waals surface area contributed by atoms with Crippen molar-refractivity contribution in [3.8, 4) is 0 Å². The second-order valence-corrected chi connectivity index (χ2v) is 9.80. The molecule has 3 N–H and O–H groups in total. The van der Waals surface area contributed by atoms with Crippen molar-refractivity contribution < 1.29 is 4.79 Å². The van der Waals surface area contributed by atoms with Crippen molar-refractivity contribution in [3.63, 3.8) is 0 Å². The third kappa shape index (κ3) is 10.0. The van der Waals surface area contributed by atoms with Crippen molar-refractivity contribution in [2.75, 3.05) is 6.54 Å². The standard InChI is InChI=1S/C22H43N3O/c1-15(2)19(25-22(9,10)11)17(5)24-18(20(26)21(6,7)8)13-12-14-23-16(3)4/h15,18-19,23-25H,3,5,12-14H2,1-2,4,6-11H3. The van der Waals surface area contributed by atoms with Gasteiger partial charge in [0, 0.05) is 34.9 Å². The minimum absolute atomic E-state index is 0.0193. The van der Waals surface area contributed by atoms with E-state index in [-0.39, 0.29) is 28.8 Å². The van der Waals surface area contributed by atoms with Gasteiger partial charge >= 0.3 is 0 Å². The molecule has 2 atom stereocenters. The predicted octanol–water partition coefficient (Wildman–Crippen LogP) is 4.39. The van der Waals surface area contributed by atoms with Gasteiger partial charge < -0.3 is 16.0 Å². The normalized spacial score (nSPS) is 14.7. The van der Waals surface area contributed by atoms with Crippen LogP contribution in [0.2, 0.25) is 0 Å². The number of allylic oxidation sites excluding steroid dienone is 1. The number of nitrogens with one attached hydrogen (secondary N) is 3. The highest BCUT2D eigenvalue weighted by atomic mass is 16.1. The molecule has 0 bridgehead atoms. The van der Waals surface area contributed by atoms with Gasteiger partial charge in [-0.05, 0) is 46.5 Å². The third-order valence-electron chi connectivity index (χ3n) is 4.14. The summed E-state index contributed by atoms with van der Waals surface area (Å²) in [5.74, 6) is 0.608. The van der Waals surface area contributed by atoms with Crippen molar-refractivity contribution in [1.29, 1.82) is 0 Å². The van der Waals surface area contributed by atoms with Gasteiger partial charge in [-0.15, -0.1) is 0 Å². The van der Waals surface area contributed by atoms with E-state index in [4.69, 9.17) is 0 Å². The summed E-state index contributed by atoms with van der Waals surface area (Å²) in [6.45, 7) is 27.6. The van der Waals surface area contributed by atoms with Crippen LogP contribution in [0.25, 0.3) is 0 Å². The van der Waals surface area contributed by atoms with Gasteiger partial charge in [-0.3, -0.25) is 4.79 Å². The molecule has 0 aromatic carbocycles. The van der Waals surface area contributed by atoms with Gasteiger partial charge in [0.2, 0.25) is 0 Å². The lowest BCUT2D eigenvalue weighted by Crippen LogP contribution is -2.52. The van der Waals surface area contributed by atoms with Gasteiger partial charge in [0.25, 0.3) is 0 Å². The minimum atomic E-state index is -0.384. The molecule has 4 nitrogen and oxygen atoms in total. The molecule has 0 aromatic rings. The summed E-state index contributed by atoms with van der Waals surface area (Å²) in [5.41, 5.74) is 1.44. The molecule has 0 amide bonds. The Labute approximate surface area is 162 Å². The molecule has 152 valence electrons. The van der Waals surface area contributed by atoms with Gasteiger partial charge in [-0.1, -0.05) is 47.8 Å². The molecule has 0 saturated carbocycles. The summed E-state index contributed by atoms with van der Waals surface area (Å²) in [5, 5.41) is 10.3. The molecular weight excluding hydrogens is 322 g/mol. The van der Waals surface area contributed by atoms with Crippen LogP contribution in [0.15, 0.2) is 24.6 Å². The van der Waals surface area contributed by atoms with Crippen LogP contribution in [0.5, 0.6) is 0 Å². The molecule has 0 aliphatic rings. The Kier molecular flexibility index (Phi) is 9.65. The zero-order chi connectivity index (χ0) is 20.7. The molecule has 26 heavy (non-hydrogen) atoms. The zero-order valence-electron chi connectivity index (χ0n) is 18.7. The molecular formula is C22H43N3O. The van der Waals surface area contributed by atoms with Gasteiger partial charge in [-0.25, -0.2) is 0 Å². The van der Waals surface area contributed by atoms with Crippen molar-refractivity contribution in [2.45, 2.75) is 92.8 Å². The second kappa shape index (κ2) is 10.1. The van der Waals surface area contributed by atoms with E-state index in [1.54, 1.807) is 0 Å². The van der Waals surface area contributed by atoms with Crippen LogP contribution in [0.4, 0.5) is 0 Å². The lowest BCUT2D eigenvalue weighted by atomic mass is 9.84. The average Bonchev–Trinajstić information content (AvgIpc) is 2.44. The van der Waals surface area contributed by atoms with Crippen LogP contribution < -0.4 is 16.0 Å². The molecule has 0 aromatic heterocycles. The summed E-state index contributed by atoms with van der Waals surface area (Å²) in [6, 6.07) is -0.115. The van der Waals surface area contributed by atoms with Crippen LogP contribution in [-0.2, 0) is 4.79 Å². The molecule has 2 unspecified atom stereocenters. The van der Waals surface area contributed by atoms with Crippen LogP contribution in [0.1, 0.15) is 75.2 Å². The first-order valence-electron chi connectivity index (χ1n) is 9.82. The Hall–Kier alpha value is -1.29. The maximum atomic E-state index is 12.9. The summed E-state index contributed by atoms with van der Waals surface area (Å²) < 4.78 is 0. The average molecular weight is 366 g/mol. The maximum Gasteiger partial charge on any atom is 0.160 e. The SMILES string of the molecule is C=C(C)NCCCC(NC(=C)C(NC(C)(C)C)C(C)C)C(=O)C(C)(C)C. The molecule has 0 saturated heterocycles. The highest BCUT2D eigenvalue weighted by Gasteiger charge is 2.31. The monoisotopic (exact) mass is 365 g/mol. The van der Waals surface area contributed by atoms with Crippen molar-refractivity contribution >= 4 is 5.78 Å². The van der Waals surface area contributed by atoms with E-state index < -0.39 is 0 Å². The maximum absolute atomic E-state index is 12.9. The Balaban J connectivity index is 5.14. The van der Waals surface area contributed by atoms with Crippen LogP contribution in [0, 0.1) is 11.3 Å². The Bertz CT molecular complexity index is 481. The number of hydrogen-bond acceptors (Lipinski definition) is 4. The highest BCUT2D eigenvalue weighted by Crippen LogP contribution is 2.21. The summed E-state index contributed by atoms with van der Waals surface area (Å²) >= 11 is 0. The minimum Gasteiger partial charge on any atom is -0.389 e. The summed E-state index contributed by atoms with van der Waals surface area (Å²) in [7, 11) is 0. The first-order valence-corrected chi connectivity index (χ1v) is 9.82. The second-order valence-electron chi connectivity index (χ2n) is 9.80. The molecule has 0 fully saturated rings. The quantitative estimate of drug-likeness (QED) is 0.475. The first-order chi connectivity index (χ1) is 11.6. The molecule has 0 rings (SSSR count). The largest absolute Gasteiger partial charge is 0.389 e. The van der Waals surface area contributed by atoms with Gasteiger partial charge in [-0.2, -0.15) is 0 Å². The van der Waals surface area contributed by atoms with Crippen LogP contribution in [-0.4, -0.2) is 30.0 Å². The smallest absolute Gasteiger partial charge is 0.160 e. The Morgan fingerprint density at radius 2 is 1.58 bits per heavy atom. The fraction of sp³-hybridized carbons (Fsp3) is 0.773. The van der Waals surface area contributed by atoms with Crippen LogP contribution in [0.3, 0.4) is 0 Å². The number of rotatable bonds is 11. The highest BCUT2D eigenvalue weighted by molar-refractivity contribution is 5.88. The van der Waals surface area contributed by atoms with Crippen molar-refractivity contribution in [1.82, 2.24) is 16.0 Å². The number of hydrogen-bond donors (Lipinski definition) is 3. The van der Waals surface area contributed by atoms with Crippen molar-refractivity contribution in [2.24, 2.45) is 11.3 Å². The first kappa shape index (κ1) is 24.7. The lowest BCUT2D eigenvalue weighted by Gasteiger charge is -2.35. The topological polar surface area (TPSA) is 53.2 Å². The number of carbonyl (C=O) groups excluding carboxylic acids is 1. The summed E-state index contributed by atoms with van der Waals surface area (Å²) in [6.07, 6.45) is 1.68.